The molecule has 4 aromatic rings. The van der Waals surface area contributed by atoms with Crippen LogP contribution in [0.25, 0.3) is 22.2 Å². The van der Waals surface area contributed by atoms with Crippen molar-refractivity contribution in [3.05, 3.63) is 84.4 Å². The zero-order chi connectivity index (χ0) is 17.9. The quantitative estimate of drug-likeness (QED) is 0.520. The first-order valence-electron chi connectivity index (χ1n) is 8.35. The zero-order valence-corrected chi connectivity index (χ0v) is 14.0. The van der Waals surface area contributed by atoms with Crippen molar-refractivity contribution in [2.45, 2.75) is 6.42 Å². The van der Waals surface area contributed by atoms with E-state index >= 15 is 0 Å². The Bertz CT molecular complexity index is 1070. The highest BCUT2D eigenvalue weighted by molar-refractivity contribution is 5.94. The molecular weight excluding hydrogens is 326 g/mol. The Morgan fingerprint density at radius 2 is 1.62 bits per heavy atom. The number of benzene rings is 3. The average Bonchev–Trinajstić information content (AvgIpc) is 3.01. The molecule has 26 heavy (non-hydrogen) atoms. The standard InChI is InChI=1S/C22H17NO3/c24-21(25)14-19-18-11-4-5-12-20(18)23-22(19)15-7-6-10-17(13-15)26-16-8-2-1-3-9-16/h1-13,23H,14H2,(H,24,25). The van der Waals surface area contributed by atoms with Crippen LogP contribution in [0.2, 0.25) is 0 Å². The Morgan fingerprint density at radius 1 is 0.885 bits per heavy atom. The molecule has 128 valence electrons. The number of fused-ring (bicyclic) bond motifs is 1. The SMILES string of the molecule is O=C(O)Cc1c(-c2cccc(Oc3ccccc3)c2)[nH]c2ccccc12. The predicted octanol–water partition coefficient (Wildman–Crippen LogP) is 5.25. The van der Waals surface area contributed by atoms with Crippen molar-refractivity contribution in [2.24, 2.45) is 0 Å². The van der Waals surface area contributed by atoms with E-state index in [0.717, 1.165) is 33.5 Å². The summed E-state index contributed by atoms with van der Waals surface area (Å²) < 4.78 is 5.91. The third-order valence-electron chi connectivity index (χ3n) is 4.24. The highest BCUT2D eigenvalue weighted by atomic mass is 16.5. The van der Waals surface area contributed by atoms with Gasteiger partial charge < -0.3 is 14.8 Å². The molecule has 1 heterocycles. The van der Waals surface area contributed by atoms with Crippen LogP contribution in [0.4, 0.5) is 0 Å². The van der Waals surface area contributed by atoms with E-state index in [1.807, 2.05) is 78.9 Å². The lowest BCUT2D eigenvalue weighted by Gasteiger charge is -2.08. The van der Waals surface area contributed by atoms with Gasteiger partial charge in [-0.1, -0.05) is 48.5 Å². The number of hydrogen-bond donors (Lipinski definition) is 2. The minimum absolute atomic E-state index is 0.0386. The van der Waals surface area contributed by atoms with E-state index in [2.05, 4.69) is 4.98 Å². The fraction of sp³-hybridized carbons (Fsp3) is 0.0455. The topological polar surface area (TPSA) is 62.3 Å². The molecule has 0 spiro atoms. The second-order valence-electron chi connectivity index (χ2n) is 6.04. The lowest BCUT2D eigenvalue weighted by atomic mass is 10.0. The molecule has 0 atom stereocenters. The van der Waals surface area contributed by atoms with Crippen LogP contribution in [-0.4, -0.2) is 16.1 Å². The number of aromatic nitrogens is 1. The van der Waals surface area contributed by atoms with Crippen LogP contribution in [0.3, 0.4) is 0 Å². The van der Waals surface area contributed by atoms with E-state index in [4.69, 9.17) is 4.74 Å². The van der Waals surface area contributed by atoms with Gasteiger partial charge in [0.2, 0.25) is 0 Å². The van der Waals surface area contributed by atoms with Crippen molar-refractivity contribution in [2.75, 3.05) is 0 Å². The molecule has 3 aromatic carbocycles. The summed E-state index contributed by atoms with van der Waals surface area (Å²) in [6, 6.07) is 25.0. The average molecular weight is 343 g/mol. The number of para-hydroxylation sites is 2. The number of aromatic amines is 1. The minimum Gasteiger partial charge on any atom is -0.481 e. The Labute approximate surface area is 150 Å². The zero-order valence-electron chi connectivity index (χ0n) is 14.0. The minimum atomic E-state index is -0.854. The number of H-pyrrole nitrogens is 1. The smallest absolute Gasteiger partial charge is 0.307 e. The summed E-state index contributed by atoms with van der Waals surface area (Å²) >= 11 is 0. The van der Waals surface area contributed by atoms with Gasteiger partial charge >= 0.3 is 5.97 Å². The van der Waals surface area contributed by atoms with Crippen LogP contribution in [0, 0.1) is 0 Å². The van der Waals surface area contributed by atoms with Gasteiger partial charge in [-0.05, 0) is 35.9 Å². The highest BCUT2D eigenvalue weighted by Crippen LogP contribution is 2.33. The number of rotatable bonds is 5. The Balaban J connectivity index is 1.78. The maximum Gasteiger partial charge on any atom is 0.307 e. The van der Waals surface area contributed by atoms with Gasteiger partial charge in [-0.15, -0.1) is 0 Å². The molecule has 0 aliphatic carbocycles. The third-order valence-corrected chi connectivity index (χ3v) is 4.24. The first-order chi connectivity index (χ1) is 12.7. The van der Waals surface area contributed by atoms with Gasteiger partial charge in [0.05, 0.1) is 12.1 Å². The summed E-state index contributed by atoms with van der Waals surface area (Å²) in [5.74, 6) is 0.605. The van der Waals surface area contributed by atoms with Crippen LogP contribution >= 0.6 is 0 Å². The third kappa shape index (κ3) is 3.17. The molecule has 4 nitrogen and oxygen atoms in total. The molecule has 4 heteroatoms. The van der Waals surface area contributed by atoms with E-state index < -0.39 is 5.97 Å². The van der Waals surface area contributed by atoms with Gasteiger partial charge in [-0.2, -0.15) is 0 Å². The summed E-state index contributed by atoms with van der Waals surface area (Å²) in [4.78, 5) is 14.7. The van der Waals surface area contributed by atoms with Crippen molar-refractivity contribution in [3.63, 3.8) is 0 Å². The maximum atomic E-state index is 11.4. The fourth-order valence-electron chi connectivity index (χ4n) is 3.12. The van der Waals surface area contributed by atoms with Crippen LogP contribution in [0.1, 0.15) is 5.56 Å². The molecule has 0 amide bonds. The Kier molecular flexibility index (Phi) is 4.15. The van der Waals surface area contributed by atoms with E-state index in [-0.39, 0.29) is 6.42 Å². The number of carboxylic acid groups (broad SMARTS) is 1. The maximum absolute atomic E-state index is 11.4. The molecule has 0 saturated heterocycles. The summed E-state index contributed by atoms with van der Waals surface area (Å²) in [5.41, 5.74) is 3.41. The van der Waals surface area contributed by atoms with Crippen LogP contribution < -0.4 is 4.74 Å². The number of nitrogens with one attached hydrogen (secondary N) is 1. The number of aliphatic carboxylic acids is 1. The predicted molar refractivity (Wildman–Crippen MR) is 102 cm³/mol. The summed E-state index contributed by atoms with van der Waals surface area (Å²) in [7, 11) is 0. The fourth-order valence-corrected chi connectivity index (χ4v) is 3.12. The molecule has 0 bridgehead atoms. The normalized spacial score (nSPS) is 10.8. The molecule has 0 aliphatic heterocycles. The monoisotopic (exact) mass is 343 g/mol. The second kappa shape index (κ2) is 6.76. The van der Waals surface area contributed by atoms with Crippen molar-refractivity contribution < 1.29 is 14.6 Å². The molecule has 0 saturated carbocycles. The molecular formula is C22H17NO3. The van der Waals surface area contributed by atoms with E-state index in [0.29, 0.717) is 5.75 Å². The molecule has 2 N–H and O–H groups in total. The van der Waals surface area contributed by atoms with Gasteiger partial charge in [-0.3, -0.25) is 4.79 Å². The Hall–Kier alpha value is -3.53. The van der Waals surface area contributed by atoms with E-state index in [9.17, 15) is 9.90 Å². The molecule has 0 radical (unpaired) electrons. The van der Waals surface area contributed by atoms with Gasteiger partial charge in [0, 0.05) is 16.5 Å². The van der Waals surface area contributed by atoms with Crippen molar-refractivity contribution >= 4 is 16.9 Å². The van der Waals surface area contributed by atoms with Gasteiger partial charge in [-0.25, -0.2) is 0 Å². The summed E-state index contributed by atoms with van der Waals surface area (Å²) in [6.45, 7) is 0. The van der Waals surface area contributed by atoms with Crippen molar-refractivity contribution in [1.29, 1.82) is 0 Å². The molecule has 1 aromatic heterocycles. The van der Waals surface area contributed by atoms with Crippen LogP contribution in [-0.2, 0) is 11.2 Å². The van der Waals surface area contributed by atoms with Gasteiger partial charge in [0.25, 0.3) is 0 Å². The largest absolute Gasteiger partial charge is 0.481 e. The van der Waals surface area contributed by atoms with E-state index in [1.54, 1.807) is 0 Å². The number of ether oxygens (including phenoxy) is 1. The summed E-state index contributed by atoms with van der Waals surface area (Å²) in [6.07, 6.45) is -0.0386. The molecule has 0 unspecified atom stereocenters. The second-order valence-corrected chi connectivity index (χ2v) is 6.04. The Morgan fingerprint density at radius 3 is 2.42 bits per heavy atom. The van der Waals surface area contributed by atoms with Crippen molar-refractivity contribution in [1.82, 2.24) is 4.98 Å². The number of hydrogen-bond acceptors (Lipinski definition) is 2. The molecule has 0 fully saturated rings. The lowest BCUT2D eigenvalue weighted by Crippen LogP contribution is -2.01. The lowest BCUT2D eigenvalue weighted by molar-refractivity contribution is -0.136. The summed E-state index contributed by atoms with van der Waals surface area (Å²) in [5, 5.41) is 10.3. The van der Waals surface area contributed by atoms with Crippen LogP contribution in [0.15, 0.2) is 78.9 Å². The van der Waals surface area contributed by atoms with Crippen LogP contribution in [0.5, 0.6) is 11.5 Å². The van der Waals surface area contributed by atoms with Gasteiger partial charge in [0.1, 0.15) is 11.5 Å². The highest BCUT2D eigenvalue weighted by Gasteiger charge is 2.16. The van der Waals surface area contributed by atoms with Gasteiger partial charge in [0.15, 0.2) is 0 Å². The van der Waals surface area contributed by atoms with E-state index in [1.165, 1.54) is 0 Å². The first-order valence-corrected chi connectivity index (χ1v) is 8.35. The first kappa shape index (κ1) is 16.0. The van der Waals surface area contributed by atoms with Crippen molar-refractivity contribution in [3.8, 4) is 22.8 Å². The molecule has 4 rings (SSSR count). The number of carboxylic acids is 1. The molecule has 0 aliphatic rings. The number of carbonyl (C=O) groups is 1.